The molecule has 0 unspecified atom stereocenters. The highest BCUT2D eigenvalue weighted by molar-refractivity contribution is 6.10. The summed E-state index contributed by atoms with van der Waals surface area (Å²) >= 11 is 0. The van der Waals surface area contributed by atoms with Crippen LogP contribution in [0.2, 0.25) is 0 Å². The van der Waals surface area contributed by atoms with E-state index in [1.54, 1.807) is 0 Å². The lowest BCUT2D eigenvalue weighted by Crippen LogP contribution is -1.99. The van der Waals surface area contributed by atoms with Crippen LogP contribution >= 0.6 is 0 Å². The minimum Gasteiger partial charge on any atom is -0.309 e. The lowest BCUT2D eigenvalue weighted by atomic mass is 9.96. The lowest BCUT2D eigenvalue weighted by Gasteiger charge is -2.16. The molecule has 1 aliphatic rings. The molecule has 0 bridgehead atoms. The molecule has 5 nitrogen and oxygen atoms in total. The molecule has 0 saturated carbocycles. The number of hydrogen-bond donors (Lipinski definition) is 0. The van der Waals surface area contributed by atoms with Gasteiger partial charge in [-0.3, -0.25) is 0 Å². The van der Waals surface area contributed by atoms with E-state index in [-0.39, 0.29) is 0 Å². The van der Waals surface area contributed by atoms with Gasteiger partial charge in [0.2, 0.25) is 0 Å². The van der Waals surface area contributed by atoms with Crippen molar-refractivity contribution in [2.24, 2.45) is 0 Å². The number of rotatable bonds is 4. The molecular weight excluding hydrogens is 623 g/mol. The van der Waals surface area contributed by atoms with E-state index in [0.29, 0.717) is 23.1 Å². The van der Waals surface area contributed by atoms with E-state index < -0.39 is 0 Å². The maximum Gasteiger partial charge on any atom is 0.105 e. The summed E-state index contributed by atoms with van der Waals surface area (Å²) in [5, 5.41) is 32.6. The highest BCUT2D eigenvalue weighted by atomic mass is 15.0. The third-order valence-corrected chi connectivity index (χ3v) is 9.66. The second-order valence-electron chi connectivity index (χ2n) is 12.5. The molecule has 0 saturated heterocycles. The minimum absolute atomic E-state index is 0.438. The fourth-order valence-corrected chi connectivity index (χ4v) is 7.32. The van der Waals surface area contributed by atoms with Gasteiger partial charge in [-0.05, 0) is 83.3 Å². The van der Waals surface area contributed by atoms with E-state index in [1.807, 2.05) is 66.7 Å². The highest BCUT2D eigenvalue weighted by Crippen LogP contribution is 2.38. The maximum absolute atomic E-state index is 9.95. The number of nitriles is 3. The number of aromatic nitrogens is 2. The van der Waals surface area contributed by atoms with E-state index in [9.17, 15) is 15.8 Å². The average Bonchev–Trinajstić information content (AvgIpc) is 3.59. The van der Waals surface area contributed by atoms with Crippen molar-refractivity contribution in [2.75, 3.05) is 0 Å². The predicted molar refractivity (Wildman–Crippen MR) is 203 cm³/mol. The molecule has 0 N–H and O–H groups in total. The van der Waals surface area contributed by atoms with Gasteiger partial charge in [-0.15, -0.1) is 0 Å². The van der Waals surface area contributed by atoms with Crippen molar-refractivity contribution in [3.05, 3.63) is 161 Å². The van der Waals surface area contributed by atoms with Crippen LogP contribution in [0.25, 0.3) is 72.4 Å². The van der Waals surface area contributed by atoms with Gasteiger partial charge in [-0.2, -0.15) is 15.8 Å². The third kappa shape index (κ3) is 4.78. The fourth-order valence-electron chi connectivity index (χ4n) is 7.32. The quantitative estimate of drug-likeness (QED) is 0.178. The summed E-state index contributed by atoms with van der Waals surface area (Å²) in [6.45, 7) is 0. The number of fused-ring (bicyclic) bond motifs is 6. The summed E-state index contributed by atoms with van der Waals surface area (Å²) < 4.78 is 4.35. The summed E-state index contributed by atoms with van der Waals surface area (Å²) in [5.74, 6) is 6.53. The Kier molecular flexibility index (Phi) is 6.86. The van der Waals surface area contributed by atoms with Gasteiger partial charge in [0.15, 0.2) is 0 Å². The van der Waals surface area contributed by atoms with Crippen LogP contribution in [0.1, 0.15) is 28.8 Å². The van der Waals surface area contributed by atoms with E-state index >= 15 is 0 Å². The Labute approximate surface area is 294 Å². The van der Waals surface area contributed by atoms with Crippen molar-refractivity contribution < 1.29 is 0 Å². The van der Waals surface area contributed by atoms with Gasteiger partial charge in [-0.25, -0.2) is 0 Å². The number of allylic oxidation sites excluding steroid dienone is 1. The second-order valence-corrected chi connectivity index (χ2v) is 12.5. The maximum atomic E-state index is 9.95. The van der Waals surface area contributed by atoms with E-state index in [4.69, 9.17) is 0 Å². The summed E-state index contributed by atoms with van der Waals surface area (Å²) in [4.78, 5) is 0. The molecule has 51 heavy (non-hydrogen) atoms. The van der Waals surface area contributed by atoms with Gasteiger partial charge in [0.25, 0.3) is 0 Å². The first-order chi connectivity index (χ1) is 25.1. The Morgan fingerprint density at radius 3 is 2.00 bits per heavy atom. The van der Waals surface area contributed by atoms with Crippen LogP contribution < -0.4 is 0 Å². The van der Waals surface area contributed by atoms with Crippen molar-refractivity contribution in [2.45, 2.75) is 6.42 Å². The zero-order chi connectivity index (χ0) is 34.5. The van der Waals surface area contributed by atoms with Crippen molar-refractivity contribution in [3.8, 4) is 63.7 Å². The molecule has 1 aliphatic carbocycles. The molecule has 0 aliphatic heterocycles. The van der Waals surface area contributed by atoms with Crippen LogP contribution in [0, 0.1) is 45.8 Å². The normalized spacial score (nSPS) is 11.9. The number of hydrogen-bond acceptors (Lipinski definition) is 3. The Morgan fingerprint density at radius 1 is 0.529 bits per heavy atom. The molecule has 0 atom stereocenters. The fraction of sp³-hybridized carbons (Fsp3) is 0.0217. The van der Waals surface area contributed by atoms with E-state index in [0.717, 1.165) is 77.6 Å². The van der Waals surface area contributed by atoms with Gasteiger partial charge in [0, 0.05) is 45.0 Å². The standard InChI is InChI=1S/C46H25N5/c47-27-30-7-5-14-44-41(23-30)39-11-2-3-12-42(39)50(44)36-19-17-33(18-20-36)34-8-6-9-35(26-34)37-21-15-31(28-48)24-45(37)51-43-13-4-1-10-38(43)40-22-16-32(29-49)25-46(40)51/h1-4,6,8-13,15-26H,7H2. The van der Waals surface area contributed by atoms with Crippen LogP contribution in [-0.2, 0) is 0 Å². The van der Waals surface area contributed by atoms with E-state index in [2.05, 4.69) is 112 Å². The SMILES string of the molecule is N#CC1=Cc2c(n(-c3ccc(-c4cccc(-c5ccc(C#N)cc5-n5c6ccccc6c6ccc(C#N)cc65)c4)cc3)c3ccccc23)C#CC1. The zero-order valence-corrected chi connectivity index (χ0v) is 27.2. The average molecular weight is 648 g/mol. The Morgan fingerprint density at radius 2 is 1.22 bits per heavy atom. The molecular formula is C46H25N5. The zero-order valence-electron chi connectivity index (χ0n) is 27.2. The van der Waals surface area contributed by atoms with Crippen molar-refractivity contribution in [3.63, 3.8) is 0 Å². The van der Waals surface area contributed by atoms with Gasteiger partial charge >= 0.3 is 0 Å². The lowest BCUT2D eigenvalue weighted by molar-refractivity contribution is 1.10. The number of para-hydroxylation sites is 2. The molecule has 8 aromatic rings. The molecule has 0 amide bonds. The smallest absolute Gasteiger partial charge is 0.105 e. The van der Waals surface area contributed by atoms with Crippen LogP contribution in [0.3, 0.4) is 0 Å². The minimum atomic E-state index is 0.438. The molecule has 234 valence electrons. The van der Waals surface area contributed by atoms with Gasteiger partial charge < -0.3 is 9.13 Å². The van der Waals surface area contributed by atoms with Gasteiger partial charge in [0.05, 0.1) is 51.6 Å². The summed E-state index contributed by atoms with van der Waals surface area (Å²) in [6.07, 6.45) is 2.40. The molecule has 0 fully saturated rings. The Bertz CT molecular complexity index is 2970. The first-order valence-electron chi connectivity index (χ1n) is 16.6. The van der Waals surface area contributed by atoms with Crippen LogP contribution in [0.4, 0.5) is 0 Å². The Balaban J connectivity index is 1.17. The Hall–Kier alpha value is -7.57. The first kappa shape index (κ1) is 29.6. The predicted octanol–water partition coefficient (Wildman–Crippen LogP) is 10.5. The van der Waals surface area contributed by atoms with E-state index in [1.165, 1.54) is 0 Å². The largest absolute Gasteiger partial charge is 0.309 e. The molecule has 5 heteroatoms. The highest BCUT2D eigenvalue weighted by Gasteiger charge is 2.19. The molecule has 0 spiro atoms. The first-order valence-corrected chi connectivity index (χ1v) is 16.6. The summed E-state index contributed by atoms with van der Waals surface area (Å²) in [7, 11) is 0. The molecule has 2 heterocycles. The molecule has 2 aromatic heterocycles. The monoisotopic (exact) mass is 647 g/mol. The number of benzene rings is 6. The number of nitrogens with zero attached hydrogens (tertiary/aromatic N) is 5. The molecule has 6 aromatic carbocycles. The summed E-state index contributed by atoms with van der Waals surface area (Å²) in [6, 6.07) is 51.9. The van der Waals surface area contributed by atoms with Crippen molar-refractivity contribution in [1.82, 2.24) is 9.13 Å². The summed E-state index contributed by atoms with van der Waals surface area (Å²) in [5.41, 5.74) is 12.6. The van der Waals surface area contributed by atoms with Crippen LogP contribution in [0.15, 0.2) is 139 Å². The van der Waals surface area contributed by atoms with Crippen LogP contribution in [0.5, 0.6) is 0 Å². The van der Waals surface area contributed by atoms with Crippen LogP contribution in [-0.4, -0.2) is 9.13 Å². The molecule has 0 radical (unpaired) electrons. The van der Waals surface area contributed by atoms with Gasteiger partial charge in [0.1, 0.15) is 5.69 Å². The third-order valence-electron chi connectivity index (χ3n) is 9.66. The second kappa shape index (κ2) is 11.8. The van der Waals surface area contributed by atoms with Crippen molar-refractivity contribution in [1.29, 1.82) is 15.8 Å². The van der Waals surface area contributed by atoms with Gasteiger partial charge in [-0.1, -0.05) is 84.8 Å². The molecule has 9 rings (SSSR count). The van der Waals surface area contributed by atoms with Crippen molar-refractivity contribution >= 4 is 38.8 Å². The topological polar surface area (TPSA) is 81.2 Å².